The summed E-state index contributed by atoms with van der Waals surface area (Å²) in [6, 6.07) is 0.967. The molecule has 0 spiro atoms. The van der Waals surface area contributed by atoms with Gasteiger partial charge in [-0.2, -0.15) is 0 Å². The van der Waals surface area contributed by atoms with Crippen LogP contribution in [0.5, 0.6) is 0 Å². The van der Waals surface area contributed by atoms with E-state index >= 15 is 0 Å². The summed E-state index contributed by atoms with van der Waals surface area (Å²) in [5, 5.41) is 0. The van der Waals surface area contributed by atoms with Crippen molar-refractivity contribution in [2.45, 2.75) is 42.1 Å². The zero-order chi connectivity index (χ0) is 7.68. The summed E-state index contributed by atoms with van der Waals surface area (Å²) in [6.07, 6.45) is 7.30. The van der Waals surface area contributed by atoms with E-state index in [2.05, 4.69) is 27.5 Å². The molecule has 1 heterocycles. The van der Waals surface area contributed by atoms with Gasteiger partial charge in [-0.15, -0.1) is 0 Å². The monoisotopic (exact) mass is 265 g/mol. The van der Waals surface area contributed by atoms with E-state index in [-0.39, 0.29) is 0 Å². The van der Waals surface area contributed by atoms with Crippen LogP contribution in [0.25, 0.3) is 0 Å². The Labute approximate surface area is 82.7 Å². The second-order valence-electron chi connectivity index (χ2n) is 3.80. The average Bonchev–Trinajstić information content (AvgIpc) is 1.90. The number of rotatable bonds is 1. The fourth-order valence-electron chi connectivity index (χ4n) is 2.11. The molecule has 1 aliphatic carbocycles. The number of hydrogen-bond donors (Lipinski definition) is 0. The van der Waals surface area contributed by atoms with E-state index in [9.17, 15) is 0 Å². The van der Waals surface area contributed by atoms with E-state index in [0.717, 1.165) is 9.97 Å². The average molecular weight is 265 g/mol. The lowest BCUT2D eigenvalue weighted by atomic mass is 9.92. The molecule has 0 aromatic rings. The lowest BCUT2D eigenvalue weighted by Crippen LogP contribution is -2.46. The van der Waals surface area contributed by atoms with Gasteiger partial charge in [0.2, 0.25) is 0 Å². The second-order valence-corrected chi connectivity index (χ2v) is 5.56. The summed E-state index contributed by atoms with van der Waals surface area (Å²) < 4.78 is 0.977. The lowest BCUT2D eigenvalue weighted by molar-refractivity contribution is 0.0933. The van der Waals surface area contributed by atoms with Gasteiger partial charge >= 0.3 is 0 Å². The first-order valence-electron chi connectivity index (χ1n) is 4.74. The zero-order valence-corrected chi connectivity index (χ0v) is 9.09. The summed E-state index contributed by atoms with van der Waals surface area (Å²) in [4.78, 5) is 2.67. The minimum Gasteiger partial charge on any atom is -0.300 e. The highest BCUT2D eigenvalue weighted by atomic mass is 127. The molecule has 0 radical (unpaired) electrons. The van der Waals surface area contributed by atoms with Crippen LogP contribution in [0.3, 0.4) is 0 Å². The quantitative estimate of drug-likeness (QED) is 0.520. The minimum absolute atomic E-state index is 0.967. The molecule has 2 rings (SSSR count). The molecular weight excluding hydrogens is 249 g/mol. The largest absolute Gasteiger partial charge is 0.300 e. The maximum Gasteiger partial charge on any atom is 0.0111 e. The van der Waals surface area contributed by atoms with Crippen molar-refractivity contribution in [2.75, 3.05) is 13.1 Å². The molecule has 0 amide bonds. The Bertz CT molecular complexity index is 126. The zero-order valence-electron chi connectivity index (χ0n) is 6.93. The Balaban J connectivity index is 1.77. The molecule has 0 aromatic heterocycles. The van der Waals surface area contributed by atoms with Crippen molar-refractivity contribution in [1.29, 1.82) is 0 Å². The number of alkyl halides is 1. The Morgan fingerprint density at radius 3 is 2.09 bits per heavy atom. The van der Waals surface area contributed by atoms with Gasteiger partial charge in [0.1, 0.15) is 0 Å². The maximum absolute atomic E-state index is 2.67. The van der Waals surface area contributed by atoms with Gasteiger partial charge in [-0.1, -0.05) is 22.6 Å². The van der Waals surface area contributed by atoms with E-state index in [1.165, 1.54) is 45.2 Å². The molecule has 1 nitrogen and oxygen atoms in total. The van der Waals surface area contributed by atoms with E-state index in [0.29, 0.717) is 0 Å². The Morgan fingerprint density at radius 1 is 1.00 bits per heavy atom. The third-order valence-electron chi connectivity index (χ3n) is 3.03. The van der Waals surface area contributed by atoms with E-state index in [1.54, 1.807) is 0 Å². The standard InChI is InChI=1S/C9H16IN/c10-8-2-4-9(5-3-8)11-6-1-7-11/h8-9H,1-7H2. The molecule has 2 fully saturated rings. The van der Waals surface area contributed by atoms with Crippen molar-refractivity contribution in [3.8, 4) is 0 Å². The fourth-order valence-corrected chi connectivity index (χ4v) is 2.83. The molecule has 0 atom stereocenters. The fraction of sp³-hybridized carbons (Fsp3) is 1.00. The highest BCUT2D eigenvalue weighted by Crippen LogP contribution is 2.29. The first kappa shape index (κ1) is 8.30. The number of halogens is 1. The number of hydrogen-bond acceptors (Lipinski definition) is 1. The van der Waals surface area contributed by atoms with Gasteiger partial charge in [0.15, 0.2) is 0 Å². The first-order valence-corrected chi connectivity index (χ1v) is 5.99. The summed E-state index contributed by atoms with van der Waals surface area (Å²) >= 11 is 2.60. The van der Waals surface area contributed by atoms with Crippen molar-refractivity contribution in [1.82, 2.24) is 4.90 Å². The van der Waals surface area contributed by atoms with Crippen LogP contribution in [-0.2, 0) is 0 Å². The van der Waals surface area contributed by atoms with Gasteiger partial charge in [0.25, 0.3) is 0 Å². The Hall–Kier alpha value is 0.690. The van der Waals surface area contributed by atoms with Crippen molar-refractivity contribution in [3.05, 3.63) is 0 Å². The van der Waals surface area contributed by atoms with Gasteiger partial charge in [-0.05, 0) is 45.2 Å². The van der Waals surface area contributed by atoms with Crippen LogP contribution in [0, 0.1) is 0 Å². The van der Waals surface area contributed by atoms with E-state index in [4.69, 9.17) is 0 Å². The summed E-state index contributed by atoms with van der Waals surface area (Å²) in [6.45, 7) is 2.77. The highest BCUT2D eigenvalue weighted by molar-refractivity contribution is 14.1. The molecule has 2 heteroatoms. The van der Waals surface area contributed by atoms with Crippen LogP contribution < -0.4 is 0 Å². The molecular formula is C9H16IN. The van der Waals surface area contributed by atoms with Crippen LogP contribution >= 0.6 is 22.6 Å². The lowest BCUT2D eigenvalue weighted by Gasteiger charge is -2.41. The molecule has 0 unspecified atom stereocenters. The summed E-state index contributed by atoms with van der Waals surface area (Å²) in [5.74, 6) is 0. The molecule has 2 aliphatic rings. The normalized spacial score (nSPS) is 40.1. The molecule has 11 heavy (non-hydrogen) atoms. The van der Waals surface area contributed by atoms with Gasteiger partial charge in [-0.25, -0.2) is 0 Å². The molecule has 0 N–H and O–H groups in total. The second kappa shape index (κ2) is 3.60. The molecule has 0 aromatic carbocycles. The SMILES string of the molecule is IC1CCC(N2CCC2)CC1. The smallest absolute Gasteiger partial charge is 0.0111 e. The van der Waals surface area contributed by atoms with Crippen molar-refractivity contribution in [3.63, 3.8) is 0 Å². The molecule has 1 saturated heterocycles. The van der Waals surface area contributed by atoms with Crippen LogP contribution in [0.4, 0.5) is 0 Å². The van der Waals surface area contributed by atoms with Crippen molar-refractivity contribution >= 4 is 22.6 Å². The van der Waals surface area contributed by atoms with E-state index < -0.39 is 0 Å². The predicted molar refractivity (Wildman–Crippen MR) is 56.3 cm³/mol. The van der Waals surface area contributed by atoms with Gasteiger partial charge in [0.05, 0.1) is 0 Å². The molecule has 0 bridgehead atoms. The summed E-state index contributed by atoms with van der Waals surface area (Å²) in [5.41, 5.74) is 0. The van der Waals surface area contributed by atoms with E-state index in [1.807, 2.05) is 0 Å². The number of nitrogens with zero attached hydrogens (tertiary/aromatic N) is 1. The highest BCUT2D eigenvalue weighted by Gasteiger charge is 2.27. The third kappa shape index (κ3) is 1.89. The third-order valence-corrected chi connectivity index (χ3v) is 4.28. The molecule has 1 aliphatic heterocycles. The van der Waals surface area contributed by atoms with Crippen LogP contribution in [-0.4, -0.2) is 28.0 Å². The molecule has 1 saturated carbocycles. The van der Waals surface area contributed by atoms with Crippen molar-refractivity contribution in [2.24, 2.45) is 0 Å². The predicted octanol–water partition coefficient (Wildman–Crippen LogP) is 2.44. The van der Waals surface area contributed by atoms with Crippen LogP contribution in [0.2, 0.25) is 0 Å². The van der Waals surface area contributed by atoms with Gasteiger partial charge < -0.3 is 4.90 Å². The van der Waals surface area contributed by atoms with Gasteiger partial charge in [0, 0.05) is 9.97 Å². The number of likely N-dealkylation sites (tertiary alicyclic amines) is 1. The van der Waals surface area contributed by atoms with Crippen LogP contribution in [0.1, 0.15) is 32.1 Å². The topological polar surface area (TPSA) is 3.24 Å². The molecule has 64 valence electrons. The Morgan fingerprint density at radius 2 is 1.64 bits per heavy atom. The minimum atomic E-state index is 0.967. The Kier molecular flexibility index (Phi) is 2.72. The maximum atomic E-state index is 2.67. The van der Waals surface area contributed by atoms with Crippen molar-refractivity contribution < 1.29 is 0 Å². The van der Waals surface area contributed by atoms with Gasteiger partial charge in [-0.3, -0.25) is 0 Å². The van der Waals surface area contributed by atoms with Crippen LogP contribution in [0.15, 0.2) is 0 Å². The summed E-state index contributed by atoms with van der Waals surface area (Å²) in [7, 11) is 0. The first-order chi connectivity index (χ1) is 5.36.